The number of carbonyl (C=O) groups is 3. The summed E-state index contributed by atoms with van der Waals surface area (Å²) in [6.07, 6.45) is -3.88. The molecule has 0 unspecified atom stereocenters. The fraction of sp³-hybridized carbons (Fsp3) is 0.300. The van der Waals surface area contributed by atoms with Gasteiger partial charge in [0, 0.05) is 49.6 Å². The number of amides is 1. The van der Waals surface area contributed by atoms with Crippen molar-refractivity contribution in [1.82, 2.24) is 9.88 Å². The second-order valence-electron chi connectivity index (χ2n) is 7.14. The monoisotopic (exact) mass is 501 g/mol. The van der Waals surface area contributed by atoms with Crippen molar-refractivity contribution in [2.75, 3.05) is 17.0 Å². The number of ketones is 1. The van der Waals surface area contributed by atoms with Crippen LogP contribution in [0.4, 0.5) is 18.9 Å². The SMILES string of the molecule is CC(=O)SCC(=O)c1cccc(NS(=O)(=O)c2cnc3c(c2)CN(C(=O)C(F)(F)F)CC3)c1. The lowest BCUT2D eigenvalue weighted by atomic mass is 10.1. The van der Waals surface area contributed by atoms with Crippen LogP contribution >= 0.6 is 11.8 Å². The predicted octanol–water partition coefficient (Wildman–Crippen LogP) is 2.79. The van der Waals surface area contributed by atoms with E-state index in [9.17, 15) is 36.0 Å². The van der Waals surface area contributed by atoms with Gasteiger partial charge in [0.1, 0.15) is 4.90 Å². The molecule has 1 N–H and O–H groups in total. The van der Waals surface area contributed by atoms with Crippen molar-refractivity contribution < 1.29 is 36.0 Å². The number of anilines is 1. The first-order valence-electron chi connectivity index (χ1n) is 9.50. The van der Waals surface area contributed by atoms with E-state index in [0.717, 1.165) is 18.0 Å². The maximum atomic E-state index is 12.8. The molecule has 8 nitrogen and oxygen atoms in total. The third-order valence-electron chi connectivity index (χ3n) is 4.70. The van der Waals surface area contributed by atoms with Gasteiger partial charge in [-0.15, -0.1) is 0 Å². The fourth-order valence-corrected chi connectivity index (χ4v) is 4.67. The highest BCUT2D eigenvalue weighted by Gasteiger charge is 2.43. The summed E-state index contributed by atoms with van der Waals surface area (Å²) in [4.78, 5) is 39.1. The van der Waals surface area contributed by atoms with Gasteiger partial charge >= 0.3 is 12.1 Å². The topological polar surface area (TPSA) is 114 Å². The van der Waals surface area contributed by atoms with Gasteiger partial charge in [-0.1, -0.05) is 23.9 Å². The minimum absolute atomic E-state index is 0.0628. The highest BCUT2D eigenvalue weighted by molar-refractivity contribution is 8.14. The van der Waals surface area contributed by atoms with Crippen LogP contribution in [0.5, 0.6) is 0 Å². The average molecular weight is 502 g/mol. The van der Waals surface area contributed by atoms with Crippen molar-refractivity contribution in [3.8, 4) is 0 Å². The van der Waals surface area contributed by atoms with E-state index in [4.69, 9.17) is 0 Å². The van der Waals surface area contributed by atoms with Gasteiger partial charge in [0.15, 0.2) is 10.9 Å². The first-order valence-corrected chi connectivity index (χ1v) is 12.0. The van der Waals surface area contributed by atoms with E-state index in [1.165, 1.54) is 37.3 Å². The number of fused-ring (bicyclic) bond motifs is 1. The zero-order valence-electron chi connectivity index (χ0n) is 17.2. The van der Waals surface area contributed by atoms with Crippen LogP contribution in [0.25, 0.3) is 0 Å². The zero-order chi connectivity index (χ0) is 24.4. The van der Waals surface area contributed by atoms with Crippen molar-refractivity contribution in [3.05, 3.63) is 53.3 Å². The Balaban J connectivity index is 1.79. The maximum Gasteiger partial charge on any atom is 0.471 e. The van der Waals surface area contributed by atoms with Crippen LogP contribution in [-0.4, -0.2) is 53.6 Å². The molecule has 1 amide bonds. The summed E-state index contributed by atoms with van der Waals surface area (Å²) in [5.41, 5.74) is 0.900. The Morgan fingerprint density at radius 1 is 1.21 bits per heavy atom. The summed E-state index contributed by atoms with van der Waals surface area (Å²) in [6.45, 7) is 0.737. The predicted molar refractivity (Wildman–Crippen MR) is 114 cm³/mol. The van der Waals surface area contributed by atoms with E-state index < -0.39 is 28.7 Å². The molecule has 0 saturated carbocycles. The number of rotatable bonds is 6. The number of pyridine rings is 1. The molecule has 1 aromatic carbocycles. The van der Waals surface area contributed by atoms with Crippen LogP contribution in [0.1, 0.15) is 28.5 Å². The molecule has 2 heterocycles. The first-order chi connectivity index (χ1) is 15.4. The van der Waals surface area contributed by atoms with Gasteiger partial charge in [0.2, 0.25) is 0 Å². The van der Waals surface area contributed by atoms with Crippen molar-refractivity contribution in [1.29, 1.82) is 0 Å². The Kier molecular flexibility index (Phi) is 7.12. The van der Waals surface area contributed by atoms with Crippen molar-refractivity contribution >= 4 is 44.3 Å². The van der Waals surface area contributed by atoms with E-state index in [-0.39, 0.29) is 51.3 Å². The minimum Gasteiger partial charge on any atom is -0.330 e. The van der Waals surface area contributed by atoms with Crippen molar-refractivity contribution in [2.24, 2.45) is 0 Å². The number of Topliss-reactive ketones (excluding diaryl/α,β-unsaturated/α-hetero) is 1. The quantitative estimate of drug-likeness (QED) is 0.606. The normalized spacial score (nSPS) is 13.9. The molecule has 3 rings (SSSR count). The van der Waals surface area contributed by atoms with Crippen molar-refractivity contribution in [2.45, 2.75) is 31.0 Å². The molecule has 0 radical (unpaired) electrons. The summed E-state index contributed by atoms with van der Waals surface area (Å²) in [6, 6.07) is 6.86. The summed E-state index contributed by atoms with van der Waals surface area (Å²) in [7, 11) is -4.19. The maximum absolute atomic E-state index is 12.8. The Morgan fingerprint density at radius 2 is 1.94 bits per heavy atom. The molecular formula is C20H18F3N3O5S2. The second kappa shape index (κ2) is 9.51. The minimum atomic E-state index is -5.03. The molecule has 13 heteroatoms. The standard InChI is InChI=1S/C20H18F3N3O5S2/c1-12(27)32-11-18(28)13-3-2-4-15(7-13)25-33(30,31)16-8-14-10-26(19(29)20(21,22)23)6-5-17(14)24-9-16/h2-4,7-9,25H,5-6,10-11H2,1H3. The number of nitrogens with zero attached hydrogens (tertiary/aromatic N) is 2. The highest BCUT2D eigenvalue weighted by atomic mass is 32.2. The van der Waals surface area contributed by atoms with Gasteiger partial charge in [-0.2, -0.15) is 13.2 Å². The number of sulfonamides is 1. The lowest BCUT2D eigenvalue weighted by Gasteiger charge is -2.29. The van der Waals surface area contributed by atoms with Gasteiger partial charge in [-0.05, 0) is 23.8 Å². The van der Waals surface area contributed by atoms with E-state index in [0.29, 0.717) is 10.6 Å². The van der Waals surface area contributed by atoms with Gasteiger partial charge in [0.25, 0.3) is 10.0 Å². The van der Waals surface area contributed by atoms with Crippen LogP contribution in [0.15, 0.2) is 41.4 Å². The molecule has 0 spiro atoms. The Morgan fingerprint density at radius 3 is 2.61 bits per heavy atom. The number of nitrogens with one attached hydrogen (secondary N) is 1. The molecule has 1 aliphatic heterocycles. The van der Waals surface area contributed by atoms with E-state index in [1.807, 2.05) is 0 Å². The Bertz CT molecular complexity index is 1220. The van der Waals surface area contributed by atoms with Crippen LogP contribution in [0.2, 0.25) is 0 Å². The third kappa shape index (κ3) is 6.11. The van der Waals surface area contributed by atoms with Gasteiger partial charge < -0.3 is 4.90 Å². The van der Waals surface area contributed by atoms with Crippen LogP contribution in [0.3, 0.4) is 0 Å². The number of hydrogen-bond donors (Lipinski definition) is 1. The molecule has 0 bridgehead atoms. The first kappa shape index (κ1) is 24.7. The number of hydrogen-bond acceptors (Lipinski definition) is 7. The molecule has 0 saturated heterocycles. The molecule has 0 fully saturated rings. The molecule has 2 aromatic rings. The summed E-state index contributed by atoms with van der Waals surface area (Å²) in [5, 5.41) is -0.226. The molecular weight excluding hydrogens is 483 g/mol. The molecule has 1 aromatic heterocycles. The number of thioether (sulfide) groups is 1. The smallest absolute Gasteiger partial charge is 0.330 e. The highest BCUT2D eigenvalue weighted by Crippen LogP contribution is 2.26. The van der Waals surface area contributed by atoms with Crippen LogP contribution in [0, 0.1) is 0 Å². The number of carbonyl (C=O) groups excluding carboxylic acids is 3. The van der Waals surface area contributed by atoms with Gasteiger partial charge in [-0.3, -0.25) is 24.1 Å². The average Bonchev–Trinajstić information content (AvgIpc) is 2.75. The molecule has 1 aliphatic rings. The lowest BCUT2D eigenvalue weighted by Crippen LogP contribution is -2.44. The number of halogens is 3. The largest absolute Gasteiger partial charge is 0.471 e. The molecule has 0 atom stereocenters. The second-order valence-corrected chi connectivity index (χ2v) is 9.98. The Hall–Kier alpha value is -2.93. The van der Waals surface area contributed by atoms with Crippen molar-refractivity contribution in [3.63, 3.8) is 0 Å². The summed E-state index contributed by atoms with van der Waals surface area (Å²) in [5.74, 6) is -2.45. The third-order valence-corrected chi connectivity index (χ3v) is 6.86. The van der Waals surface area contributed by atoms with Crippen LogP contribution in [-0.2, 0) is 32.6 Å². The van der Waals surface area contributed by atoms with E-state index in [1.54, 1.807) is 0 Å². The molecule has 176 valence electrons. The van der Waals surface area contributed by atoms with Gasteiger partial charge in [0.05, 0.1) is 5.75 Å². The lowest BCUT2D eigenvalue weighted by molar-refractivity contribution is -0.186. The molecule has 33 heavy (non-hydrogen) atoms. The molecule has 0 aliphatic carbocycles. The number of benzene rings is 1. The van der Waals surface area contributed by atoms with Crippen LogP contribution < -0.4 is 4.72 Å². The number of alkyl halides is 3. The summed E-state index contributed by atoms with van der Waals surface area (Å²) < 4.78 is 66.2. The van der Waals surface area contributed by atoms with Gasteiger partial charge in [-0.25, -0.2) is 8.42 Å². The Labute approximate surface area is 191 Å². The number of aromatic nitrogens is 1. The van der Waals surface area contributed by atoms with E-state index in [2.05, 4.69) is 9.71 Å². The van der Waals surface area contributed by atoms with E-state index >= 15 is 0 Å². The zero-order valence-corrected chi connectivity index (χ0v) is 18.8. The fourth-order valence-electron chi connectivity index (χ4n) is 3.12. The summed E-state index contributed by atoms with van der Waals surface area (Å²) >= 11 is 0.833.